The predicted octanol–water partition coefficient (Wildman–Crippen LogP) is 3.53. The number of benzene rings is 1. The number of nitrogen functional groups attached to an aromatic ring is 1. The van der Waals surface area contributed by atoms with Gasteiger partial charge < -0.3 is 21.8 Å². The summed E-state index contributed by atoms with van der Waals surface area (Å²) in [4.78, 5) is 12.0. The van der Waals surface area contributed by atoms with Crippen LogP contribution in [0.2, 0.25) is 0 Å². The van der Waals surface area contributed by atoms with Crippen molar-refractivity contribution in [1.29, 1.82) is 5.41 Å². The van der Waals surface area contributed by atoms with Crippen LogP contribution < -0.4 is 16.4 Å². The van der Waals surface area contributed by atoms with Gasteiger partial charge in [-0.2, -0.15) is 0 Å². The topological polar surface area (TPSA) is 91.0 Å². The molecule has 3 rings (SSSR count). The second-order valence-electron chi connectivity index (χ2n) is 5.03. The van der Waals surface area contributed by atoms with E-state index >= 15 is 0 Å². The van der Waals surface area contributed by atoms with Gasteiger partial charge >= 0.3 is 0 Å². The number of amides is 1. The molecule has 2 aliphatic rings. The van der Waals surface area contributed by atoms with Crippen LogP contribution in [0, 0.1) is 5.41 Å². The largest absolute Gasteiger partial charge is 0.397 e. The highest BCUT2D eigenvalue weighted by Gasteiger charge is 2.51. The minimum atomic E-state index is -0.281. The van der Waals surface area contributed by atoms with Crippen molar-refractivity contribution < 1.29 is 4.79 Å². The fourth-order valence-corrected chi connectivity index (χ4v) is 2.71. The Morgan fingerprint density at radius 1 is 1.41 bits per heavy atom. The summed E-state index contributed by atoms with van der Waals surface area (Å²) in [5.74, 6) is 0.119. The molecule has 5 heteroatoms. The van der Waals surface area contributed by atoms with Gasteiger partial charge in [0.15, 0.2) is 0 Å². The molecule has 5 N–H and O–H groups in total. The maximum atomic E-state index is 12.0. The summed E-state index contributed by atoms with van der Waals surface area (Å²) in [5.41, 5.74) is 9.20. The first kappa shape index (κ1) is 17.8. The van der Waals surface area contributed by atoms with Crippen LogP contribution in [0.5, 0.6) is 0 Å². The second kappa shape index (κ2) is 7.64. The monoisotopic (exact) mass is 302 g/mol. The number of carbonyl (C=O) groups is 1. The van der Waals surface area contributed by atoms with Crippen LogP contribution in [-0.2, 0) is 10.2 Å². The molecule has 1 saturated carbocycles. The van der Waals surface area contributed by atoms with Gasteiger partial charge in [-0.1, -0.05) is 32.9 Å². The van der Waals surface area contributed by atoms with E-state index < -0.39 is 0 Å². The molecule has 0 aromatic heterocycles. The number of allylic oxidation sites excluding steroid dienone is 1. The van der Waals surface area contributed by atoms with Crippen molar-refractivity contribution in [3.63, 3.8) is 0 Å². The number of hydrogen-bond donors (Lipinski definition) is 4. The summed E-state index contributed by atoms with van der Waals surface area (Å²) in [6, 6.07) is 3.90. The first-order valence-corrected chi connectivity index (χ1v) is 7.63. The van der Waals surface area contributed by atoms with Gasteiger partial charge in [0.1, 0.15) is 0 Å². The van der Waals surface area contributed by atoms with E-state index in [0.717, 1.165) is 42.4 Å². The van der Waals surface area contributed by atoms with Crippen LogP contribution in [0.3, 0.4) is 0 Å². The summed E-state index contributed by atoms with van der Waals surface area (Å²) in [7, 11) is 1.86. The molecular weight excluding hydrogens is 276 g/mol. The van der Waals surface area contributed by atoms with Crippen molar-refractivity contribution in [2.45, 2.75) is 38.5 Å². The van der Waals surface area contributed by atoms with Crippen molar-refractivity contribution in [2.24, 2.45) is 0 Å². The Hall–Kier alpha value is -2.30. The van der Waals surface area contributed by atoms with Gasteiger partial charge in [0.05, 0.1) is 16.8 Å². The molecule has 1 aromatic rings. The van der Waals surface area contributed by atoms with Gasteiger partial charge in [0.2, 0.25) is 5.91 Å². The van der Waals surface area contributed by atoms with E-state index in [1.165, 1.54) is 6.08 Å². The molecule has 1 fully saturated rings. The van der Waals surface area contributed by atoms with Crippen molar-refractivity contribution in [2.75, 3.05) is 23.4 Å². The van der Waals surface area contributed by atoms with E-state index in [9.17, 15) is 4.79 Å². The third kappa shape index (κ3) is 2.98. The average molecular weight is 302 g/mol. The van der Waals surface area contributed by atoms with E-state index in [4.69, 9.17) is 11.1 Å². The summed E-state index contributed by atoms with van der Waals surface area (Å²) >= 11 is 0. The van der Waals surface area contributed by atoms with E-state index in [0.29, 0.717) is 5.69 Å². The van der Waals surface area contributed by atoms with Crippen LogP contribution in [0.4, 0.5) is 17.1 Å². The van der Waals surface area contributed by atoms with Gasteiger partial charge in [-0.15, -0.1) is 0 Å². The maximum Gasteiger partial charge on any atom is 0.235 e. The van der Waals surface area contributed by atoms with Gasteiger partial charge in [0.25, 0.3) is 0 Å². The van der Waals surface area contributed by atoms with Gasteiger partial charge in [-0.05, 0) is 30.5 Å². The summed E-state index contributed by atoms with van der Waals surface area (Å²) in [6.45, 7) is 7.24. The van der Waals surface area contributed by atoms with E-state index in [-0.39, 0.29) is 11.3 Å². The Bertz CT molecular complexity index is 556. The fourth-order valence-electron chi connectivity index (χ4n) is 2.71. The summed E-state index contributed by atoms with van der Waals surface area (Å²) in [5, 5.41) is 12.2. The van der Waals surface area contributed by atoms with E-state index in [1.807, 2.05) is 33.0 Å². The Labute approximate surface area is 132 Å². The minimum Gasteiger partial charge on any atom is -0.397 e. The van der Waals surface area contributed by atoms with Crippen LogP contribution in [0.1, 0.15) is 38.7 Å². The van der Waals surface area contributed by atoms with Gasteiger partial charge in [0, 0.05) is 18.9 Å². The first-order valence-electron chi connectivity index (χ1n) is 7.63. The predicted molar refractivity (Wildman–Crippen MR) is 94.9 cm³/mol. The second-order valence-corrected chi connectivity index (χ2v) is 5.03. The number of fused-ring (bicyclic) bond motifs is 2. The lowest BCUT2D eigenvalue weighted by molar-refractivity contribution is -0.123. The maximum absolute atomic E-state index is 12.0. The normalized spacial score (nSPS) is 15.9. The quantitative estimate of drug-likeness (QED) is 0.497. The zero-order valence-electron chi connectivity index (χ0n) is 13.6. The van der Waals surface area contributed by atoms with Crippen LogP contribution in [0.25, 0.3) is 0 Å². The molecular formula is C17H26N4O. The Balaban J connectivity index is 0.000000354. The smallest absolute Gasteiger partial charge is 0.235 e. The molecule has 1 spiro atoms. The number of nitrogens with two attached hydrogens (primary N) is 1. The van der Waals surface area contributed by atoms with Crippen molar-refractivity contribution in [3.05, 3.63) is 30.4 Å². The lowest BCUT2D eigenvalue weighted by Crippen LogP contribution is -2.40. The van der Waals surface area contributed by atoms with Crippen molar-refractivity contribution >= 4 is 29.2 Å². The molecule has 1 heterocycles. The summed E-state index contributed by atoms with van der Waals surface area (Å²) < 4.78 is 0. The molecule has 0 atom stereocenters. The fraction of sp³-hybridized carbons (Fsp3) is 0.412. The highest BCUT2D eigenvalue weighted by molar-refractivity contribution is 6.10. The molecule has 0 radical (unpaired) electrons. The van der Waals surface area contributed by atoms with Crippen LogP contribution in [-0.4, -0.2) is 19.2 Å². The number of nitrogens with one attached hydrogen (secondary N) is 3. The molecule has 1 amide bonds. The molecule has 1 aliphatic carbocycles. The first-order chi connectivity index (χ1) is 10.6. The molecule has 1 aliphatic heterocycles. The van der Waals surface area contributed by atoms with Crippen LogP contribution in [0.15, 0.2) is 24.8 Å². The van der Waals surface area contributed by atoms with Crippen LogP contribution >= 0.6 is 0 Å². The third-order valence-corrected chi connectivity index (χ3v) is 3.97. The molecule has 0 bridgehead atoms. The number of carbonyl (C=O) groups excluding carboxylic acids is 1. The highest BCUT2D eigenvalue weighted by Crippen LogP contribution is 2.53. The molecule has 120 valence electrons. The zero-order chi connectivity index (χ0) is 16.8. The highest BCUT2D eigenvalue weighted by atomic mass is 16.2. The number of rotatable bonds is 2. The molecule has 0 saturated heterocycles. The SMILES string of the molecule is C=CC=N.CC.CNc1cc(N)c2c(c1)C1(CCC1)C(=O)N2. The number of anilines is 3. The van der Waals surface area contributed by atoms with Crippen molar-refractivity contribution in [3.8, 4) is 0 Å². The standard InChI is InChI=1S/C12H15N3O.C3H5N.C2H6/c1-14-7-5-8-10(9(13)6-7)15-11(16)12(8)3-2-4-12;1-2-3-4;1-2/h5-6,14H,2-4,13H2,1H3,(H,15,16);2-4H,1H2;1-2H3. The molecule has 22 heavy (non-hydrogen) atoms. The molecule has 5 nitrogen and oxygen atoms in total. The molecule has 1 aromatic carbocycles. The number of hydrogen-bond acceptors (Lipinski definition) is 4. The summed E-state index contributed by atoms with van der Waals surface area (Å²) in [6.07, 6.45) is 5.56. The van der Waals surface area contributed by atoms with E-state index in [1.54, 1.807) is 0 Å². The average Bonchev–Trinajstić information content (AvgIpc) is 2.82. The Kier molecular flexibility index (Phi) is 6.16. The lowest BCUT2D eigenvalue weighted by Gasteiger charge is -2.36. The third-order valence-electron chi connectivity index (χ3n) is 3.97. The Morgan fingerprint density at radius 2 is 2.00 bits per heavy atom. The Morgan fingerprint density at radius 3 is 2.41 bits per heavy atom. The van der Waals surface area contributed by atoms with Gasteiger partial charge in [-0.3, -0.25) is 4.79 Å². The van der Waals surface area contributed by atoms with Gasteiger partial charge in [-0.25, -0.2) is 0 Å². The van der Waals surface area contributed by atoms with Crippen molar-refractivity contribution in [1.82, 2.24) is 0 Å². The lowest BCUT2D eigenvalue weighted by atomic mass is 9.65. The minimum absolute atomic E-state index is 0.119. The zero-order valence-corrected chi connectivity index (χ0v) is 13.6. The van der Waals surface area contributed by atoms with E-state index in [2.05, 4.69) is 17.2 Å². The molecule has 0 unspecified atom stereocenters.